The highest BCUT2D eigenvalue weighted by Crippen LogP contribution is 2.38. The van der Waals surface area contributed by atoms with Crippen molar-refractivity contribution in [2.45, 2.75) is 40.5 Å². The molecule has 0 saturated heterocycles. The van der Waals surface area contributed by atoms with Gasteiger partial charge in [0.25, 0.3) is 0 Å². The van der Waals surface area contributed by atoms with Crippen molar-refractivity contribution in [3.05, 3.63) is 34.4 Å². The molecular weight excluding hydrogens is 196 g/mol. The Balaban J connectivity index is 2.32. The van der Waals surface area contributed by atoms with Gasteiger partial charge in [0.2, 0.25) is 0 Å². The zero-order valence-electron chi connectivity index (χ0n) is 10.6. The van der Waals surface area contributed by atoms with Gasteiger partial charge in [-0.15, -0.1) is 0 Å². The molecule has 1 nitrogen and oxygen atoms in total. The van der Waals surface area contributed by atoms with Gasteiger partial charge in [-0.25, -0.2) is 0 Å². The Labute approximate surface area is 97.9 Å². The predicted octanol–water partition coefficient (Wildman–Crippen LogP) is 3.84. The van der Waals surface area contributed by atoms with E-state index in [1.807, 2.05) is 6.92 Å². The number of carbonyl (C=O) groups is 1. The molecule has 1 unspecified atom stereocenters. The van der Waals surface area contributed by atoms with E-state index in [2.05, 4.69) is 32.9 Å². The van der Waals surface area contributed by atoms with Crippen molar-refractivity contribution >= 4 is 5.78 Å². The molecule has 1 aliphatic rings. The van der Waals surface area contributed by atoms with Gasteiger partial charge in [-0.2, -0.15) is 0 Å². The lowest BCUT2D eigenvalue weighted by Crippen LogP contribution is -2.15. The first kappa shape index (κ1) is 11.4. The van der Waals surface area contributed by atoms with Crippen molar-refractivity contribution in [3.63, 3.8) is 0 Å². The number of ketones is 1. The third-order valence-electron chi connectivity index (χ3n) is 3.85. The smallest absolute Gasteiger partial charge is 0.166 e. The molecule has 0 radical (unpaired) electrons. The van der Waals surface area contributed by atoms with Crippen molar-refractivity contribution in [2.24, 2.45) is 11.8 Å². The molecule has 16 heavy (non-hydrogen) atoms. The highest BCUT2D eigenvalue weighted by atomic mass is 16.1. The van der Waals surface area contributed by atoms with E-state index in [0.717, 1.165) is 11.1 Å². The molecular formula is C15H20O. The molecule has 1 atom stereocenters. The first-order valence-electron chi connectivity index (χ1n) is 6.12. The van der Waals surface area contributed by atoms with Crippen LogP contribution in [-0.4, -0.2) is 5.78 Å². The number of rotatable bonds is 3. The Hall–Kier alpha value is -1.11. The van der Waals surface area contributed by atoms with E-state index >= 15 is 0 Å². The minimum absolute atomic E-state index is 0.209. The van der Waals surface area contributed by atoms with E-state index in [9.17, 15) is 4.79 Å². The molecule has 1 aliphatic carbocycles. The van der Waals surface area contributed by atoms with E-state index in [-0.39, 0.29) is 5.92 Å². The zero-order valence-corrected chi connectivity index (χ0v) is 10.6. The second-order valence-electron chi connectivity index (χ2n) is 5.24. The molecule has 1 heteroatoms. The summed E-state index contributed by atoms with van der Waals surface area (Å²) in [6, 6.07) is 4.19. The van der Waals surface area contributed by atoms with Crippen LogP contribution >= 0.6 is 0 Å². The fraction of sp³-hybridized carbons (Fsp3) is 0.533. The molecule has 1 saturated carbocycles. The average Bonchev–Trinajstić information content (AvgIpc) is 3.05. The van der Waals surface area contributed by atoms with Crippen molar-refractivity contribution in [2.75, 3.05) is 0 Å². The molecule has 1 fully saturated rings. The van der Waals surface area contributed by atoms with Gasteiger partial charge in [-0.05, 0) is 62.3 Å². The maximum absolute atomic E-state index is 12.3. The largest absolute Gasteiger partial charge is 0.294 e. The summed E-state index contributed by atoms with van der Waals surface area (Å²) in [6.07, 6.45) is 2.47. The van der Waals surface area contributed by atoms with Crippen molar-refractivity contribution in [1.29, 1.82) is 0 Å². The fourth-order valence-electron chi connectivity index (χ4n) is 2.28. The first-order valence-corrected chi connectivity index (χ1v) is 6.12. The van der Waals surface area contributed by atoms with Gasteiger partial charge in [0.15, 0.2) is 5.78 Å². The number of Topliss-reactive ketones (excluding diaryl/α,β-unsaturated/α-hetero) is 1. The van der Waals surface area contributed by atoms with Crippen LogP contribution in [0.25, 0.3) is 0 Å². The zero-order chi connectivity index (χ0) is 11.9. The van der Waals surface area contributed by atoms with E-state index in [1.54, 1.807) is 0 Å². The highest BCUT2D eigenvalue weighted by Gasteiger charge is 2.33. The molecule has 86 valence electrons. The molecule has 0 N–H and O–H groups in total. The predicted molar refractivity (Wildman–Crippen MR) is 66.9 cm³/mol. The Morgan fingerprint density at radius 1 is 1.12 bits per heavy atom. The van der Waals surface area contributed by atoms with E-state index in [0.29, 0.717) is 11.7 Å². The van der Waals surface area contributed by atoms with Gasteiger partial charge in [-0.3, -0.25) is 4.79 Å². The van der Waals surface area contributed by atoms with Crippen molar-refractivity contribution in [3.8, 4) is 0 Å². The van der Waals surface area contributed by atoms with Gasteiger partial charge in [-0.1, -0.05) is 13.0 Å². The second-order valence-corrected chi connectivity index (χ2v) is 5.24. The molecule has 0 spiro atoms. The number of hydrogen-bond acceptors (Lipinski definition) is 1. The normalized spacial score (nSPS) is 17.2. The van der Waals surface area contributed by atoms with E-state index in [4.69, 9.17) is 0 Å². The lowest BCUT2D eigenvalue weighted by atomic mass is 9.90. The van der Waals surface area contributed by atoms with Crippen LogP contribution in [0.2, 0.25) is 0 Å². The summed E-state index contributed by atoms with van der Waals surface area (Å²) >= 11 is 0. The van der Waals surface area contributed by atoms with Crippen LogP contribution in [0.5, 0.6) is 0 Å². The molecule has 0 heterocycles. The fourth-order valence-corrected chi connectivity index (χ4v) is 2.28. The minimum atomic E-state index is 0.209. The quantitative estimate of drug-likeness (QED) is 0.702. The van der Waals surface area contributed by atoms with E-state index in [1.165, 1.54) is 24.0 Å². The maximum Gasteiger partial charge on any atom is 0.166 e. The van der Waals surface area contributed by atoms with Crippen molar-refractivity contribution < 1.29 is 4.79 Å². The molecule has 1 aromatic carbocycles. The maximum atomic E-state index is 12.3. The van der Waals surface area contributed by atoms with Gasteiger partial charge < -0.3 is 0 Å². The summed E-state index contributed by atoms with van der Waals surface area (Å²) in [5.74, 6) is 1.19. The Morgan fingerprint density at radius 2 is 1.69 bits per heavy atom. The topological polar surface area (TPSA) is 17.1 Å². The summed E-state index contributed by atoms with van der Waals surface area (Å²) < 4.78 is 0. The van der Waals surface area contributed by atoms with Gasteiger partial charge in [0, 0.05) is 11.5 Å². The highest BCUT2D eigenvalue weighted by molar-refractivity contribution is 5.99. The number of benzene rings is 1. The van der Waals surface area contributed by atoms with E-state index < -0.39 is 0 Å². The molecule has 0 amide bonds. The lowest BCUT2D eigenvalue weighted by Gasteiger charge is -2.13. The number of aryl methyl sites for hydroxylation is 3. The summed E-state index contributed by atoms with van der Waals surface area (Å²) in [5, 5.41) is 0. The lowest BCUT2D eigenvalue weighted by molar-refractivity contribution is 0.0915. The molecule has 0 aliphatic heterocycles. The summed E-state index contributed by atoms with van der Waals surface area (Å²) in [7, 11) is 0. The first-order chi connectivity index (χ1) is 7.50. The Kier molecular flexibility index (Phi) is 2.88. The van der Waals surface area contributed by atoms with Crippen LogP contribution in [0.15, 0.2) is 12.1 Å². The summed E-state index contributed by atoms with van der Waals surface area (Å²) in [6.45, 7) is 8.29. The summed E-state index contributed by atoms with van der Waals surface area (Å²) in [5.41, 5.74) is 4.55. The monoisotopic (exact) mass is 216 g/mol. The number of hydrogen-bond donors (Lipinski definition) is 0. The molecule has 2 rings (SSSR count). The Morgan fingerprint density at radius 3 is 2.25 bits per heavy atom. The van der Waals surface area contributed by atoms with Crippen molar-refractivity contribution in [1.82, 2.24) is 0 Å². The SMILES string of the molecule is Cc1cc(C)c(C(=O)C(C)C2CC2)cc1C. The van der Waals surface area contributed by atoms with Gasteiger partial charge in [0.1, 0.15) is 0 Å². The van der Waals surface area contributed by atoms with Crippen LogP contribution in [0.1, 0.15) is 46.8 Å². The molecule has 0 bridgehead atoms. The molecule has 0 aromatic heterocycles. The number of carbonyl (C=O) groups excluding carboxylic acids is 1. The van der Waals surface area contributed by atoms with Crippen LogP contribution in [-0.2, 0) is 0 Å². The molecule has 1 aromatic rings. The van der Waals surface area contributed by atoms with Crippen LogP contribution in [0.3, 0.4) is 0 Å². The third kappa shape index (κ3) is 2.04. The Bertz CT molecular complexity index is 427. The van der Waals surface area contributed by atoms with Crippen LogP contribution < -0.4 is 0 Å². The second kappa shape index (κ2) is 4.04. The summed E-state index contributed by atoms with van der Waals surface area (Å²) in [4.78, 5) is 12.3. The van der Waals surface area contributed by atoms with Gasteiger partial charge >= 0.3 is 0 Å². The standard InChI is InChI=1S/C15H20O/c1-9-7-11(3)14(8-10(9)2)15(16)12(4)13-5-6-13/h7-8,12-13H,5-6H2,1-4H3. The van der Waals surface area contributed by atoms with Gasteiger partial charge in [0.05, 0.1) is 0 Å². The third-order valence-corrected chi connectivity index (χ3v) is 3.85. The van der Waals surface area contributed by atoms with Crippen LogP contribution in [0, 0.1) is 32.6 Å². The minimum Gasteiger partial charge on any atom is -0.294 e. The average molecular weight is 216 g/mol. The van der Waals surface area contributed by atoms with Crippen LogP contribution in [0.4, 0.5) is 0 Å².